The second kappa shape index (κ2) is 4.15. The van der Waals surface area contributed by atoms with Crippen LogP contribution in [-0.4, -0.2) is 25.0 Å². The SMILES string of the molecule is NC(=S)c1ccnnc1-n1ncc2ccccc21. The van der Waals surface area contributed by atoms with Gasteiger partial charge >= 0.3 is 0 Å². The summed E-state index contributed by atoms with van der Waals surface area (Å²) in [5.74, 6) is 0.547. The summed E-state index contributed by atoms with van der Waals surface area (Å²) < 4.78 is 1.69. The lowest BCUT2D eigenvalue weighted by atomic mass is 10.2. The van der Waals surface area contributed by atoms with Gasteiger partial charge in [0.25, 0.3) is 0 Å². The van der Waals surface area contributed by atoms with Gasteiger partial charge in [-0.15, -0.1) is 5.10 Å². The van der Waals surface area contributed by atoms with Gasteiger partial charge in [0.2, 0.25) is 0 Å². The molecule has 0 aliphatic carbocycles. The number of rotatable bonds is 2. The van der Waals surface area contributed by atoms with Crippen LogP contribution in [0.25, 0.3) is 16.7 Å². The lowest BCUT2D eigenvalue weighted by molar-refractivity contribution is 0.834. The fourth-order valence-electron chi connectivity index (χ4n) is 1.81. The molecule has 0 spiro atoms. The molecule has 6 heteroatoms. The molecule has 3 rings (SSSR count). The van der Waals surface area contributed by atoms with Crippen LogP contribution in [0.1, 0.15) is 5.56 Å². The topological polar surface area (TPSA) is 69.6 Å². The van der Waals surface area contributed by atoms with Gasteiger partial charge in [0.05, 0.1) is 23.5 Å². The average molecular weight is 255 g/mol. The van der Waals surface area contributed by atoms with Gasteiger partial charge in [-0.2, -0.15) is 10.2 Å². The van der Waals surface area contributed by atoms with Crippen LogP contribution in [0.15, 0.2) is 42.7 Å². The molecule has 2 heterocycles. The van der Waals surface area contributed by atoms with Crippen LogP contribution in [0, 0.1) is 0 Å². The van der Waals surface area contributed by atoms with Crippen molar-refractivity contribution < 1.29 is 0 Å². The minimum atomic E-state index is 0.277. The fourth-order valence-corrected chi connectivity index (χ4v) is 1.97. The molecule has 0 unspecified atom stereocenters. The van der Waals surface area contributed by atoms with E-state index in [1.54, 1.807) is 23.1 Å². The van der Waals surface area contributed by atoms with E-state index in [2.05, 4.69) is 15.3 Å². The Morgan fingerprint density at radius 1 is 1.22 bits per heavy atom. The van der Waals surface area contributed by atoms with Gasteiger partial charge in [-0.1, -0.05) is 30.4 Å². The molecule has 88 valence electrons. The zero-order chi connectivity index (χ0) is 12.5. The molecule has 1 aromatic carbocycles. The Morgan fingerprint density at radius 2 is 2.06 bits per heavy atom. The summed E-state index contributed by atoms with van der Waals surface area (Å²) in [4.78, 5) is 0.277. The lowest BCUT2D eigenvalue weighted by Crippen LogP contribution is -2.15. The van der Waals surface area contributed by atoms with Gasteiger partial charge in [-0.05, 0) is 12.1 Å². The number of fused-ring (bicyclic) bond motifs is 1. The van der Waals surface area contributed by atoms with E-state index in [9.17, 15) is 0 Å². The normalized spacial score (nSPS) is 10.7. The first-order valence-electron chi connectivity index (χ1n) is 5.32. The average Bonchev–Trinajstić information content (AvgIpc) is 2.82. The molecule has 0 fully saturated rings. The highest BCUT2D eigenvalue weighted by Gasteiger charge is 2.12. The molecule has 3 aromatic rings. The Kier molecular flexibility index (Phi) is 2.49. The quantitative estimate of drug-likeness (QED) is 0.702. The van der Waals surface area contributed by atoms with Crippen molar-refractivity contribution >= 4 is 28.1 Å². The van der Waals surface area contributed by atoms with Crippen molar-refractivity contribution in [2.75, 3.05) is 0 Å². The van der Waals surface area contributed by atoms with Gasteiger partial charge in [-0.25, -0.2) is 4.68 Å². The maximum absolute atomic E-state index is 5.69. The summed E-state index contributed by atoms with van der Waals surface area (Å²) in [7, 11) is 0. The van der Waals surface area contributed by atoms with E-state index in [4.69, 9.17) is 18.0 Å². The van der Waals surface area contributed by atoms with E-state index in [0.717, 1.165) is 10.9 Å². The number of hydrogen-bond acceptors (Lipinski definition) is 4. The zero-order valence-corrected chi connectivity index (χ0v) is 10.1. The molecular formula is C12H9N5S. The van der Waals surface area contributed by atoms with E-state index < -0.39 is 0 Å². The molecule has 0 radical (unpaired) electrons. The summed E-state index contributed by atoms with van der Waals surface area (Å²) in [6.07, 6.45) is 3.33. The van der Waals surface area contributed by atoms with Crippen molar-refractivity contribution in [3.8, 4) is 5.82 Å². The van der Waals surface area contributed by atoms with Crippen molar-refractivity contribution in [2.45, 2.75) is 0 Å². The Morgan fingerprint density at radius 3 is 2.89 bits per heavy atom. The molecule has 2 aromatic heterocycles. The Labute approximate surface area is 108 Å². The van der Waals surface area contributed by atoms with Crippen molar-refractivity contribution in [1.82, 2.24) is 20.0 Å². The largest absolute Gasteiger partial charge is 0.389 e. The van der Waals surface area contributed by atoms with E-state index in [0.29, 0.717) is 11.4 Å². The molecule has 0 bridgehead atoms. The third-order valence-corrected chi connectivity index (χ3v) is 2.86. The summed E-state index contributed by atoms with van der Waals surface area (Å²) in [5, 5.41) is 13.3. The number of benzene rings is 1. The van der Waals surface area contributed by atoms with Crippen molar-refractivity contribution in [3.05, 3.63) is 48.3 Å². The molecule has 0 saturated carbocycles. The summed E-state index contributed by atoms with van der Waals surface area (Å²) in [6.45, 7) is 0. The van der Waals surface area contributed by atoms with Crippen LogP contribution in [0.2, 0.25) is 0 Å². The monoisotopic (exact) mass is 255 g/mol. The third kappa shape index (κ3) is 1.63. The standard InChI is InChI=1S/C12H9N5S/c13-11(18)9-5-6-14-16-12(9)17-10-4-2-1-3-8(10)7-15-17/h1-7H,(H2,13,18). The first-order chi connectivity index (χ1) is 8.77. The number of aromatic nitrogens is 4. The van der Waals surface area contributed by atoms with Gasteiger partial charge < -0.3 is 5.73 Å². The third-order valence-electron chi connectivity index (χ3n) is 2.64. The number of nitrogens with two attached hydrogens (primary N) is 1. The molecule has 5 nitrogen and oxygen atoms in total. The highest BCUT2D eigenvalue weighted by molar-refractivity contribution is 7.80. The molecular weight excluding hydrogens is 246 g/mol. The molecule has 0 atom stereocenters. The minimum absolute atomic E-state index is 0.277. The lowest BCUT2D eigenvalue weighted by Gasteiger charge is -2.06. The maximum Gasteiger partial charge on any atom is 0.186 e. The van der Waals surface area contributed by atoms with Crippen LogP contribution < -0.4 is 5.73 Å². The van der Waals surface area contributed by atoms with E-state index >= 15 is 0 Å². The highest BCUT2D eigenvalue weighted by atomic mass is 32.1. The van der Waals surface area contributed by atoms with E-state index in [1.807, 2.05) is 24.3 Å². The second-order valence-corrected chi connectivity index (χ2v) is 4.19. The maximum atomic E-state index is 5.69. The summed E-state index contributed by atoms with van der Waals surface area (Å²) >= 11 is 5.02. The minimum Gasteiger partial charge on any atom is -0.389 e. The molecule has 0 amide bonds. The number of nitrogens with zero attached hydrogens (tertiary/aromatic N) is 4. The smallest absolute Gasteiger partial charge is 0.186 e. The molecule has 0 aliphatic rings. The van der Waals surface area contributed by atoms with Crippen molar-refractivity contribution in [2.24, 2.45) is 5.73 Å². The number of thiocarbonyl (C=S) groups is 1. The molecule has 0 aliphatic heterocycles. The fraction of sp³-hybridized carbons (Fsp3) is 0. The summed E-state index contributed by atoms with van der Waals surface area (Å²) in [5.41, 5.74) is 7.29. The van der Waals surface area contributed by atoms with Crippen LogP contribution in [0.5, 0.6) is 0 Å². The van der Waals surface area contributed by atoms with E-state index in [1.165, 1.54) is 0 Å². The zero-order valence-electron chi connectivity index (χ0n) is 9.32. The highest BCUT2D eigenvalue weighted by Crippen LogP contribution is 2.18. The second-order valence-electron chi connectivity index (χ2n) is 3.75. The van der Waals surface area contributed by atoms with Crippen molar-refractivity contribution in [1.29, 1.82) is 0 Å². The molecule has 18 heavy (non-hydrogen) atoms. The Balaban J connectivity index is 2.30. The van der Waals surface area contributed by atoms with E-state index in [-0.39, 0.29) is 4.99 Å². The first-order valence-corrected chi connectivity index (χ1v) is 5.73. The van der Waals surface area contributed by atoms with Gasteiger partial charge in [0.15, 0.2) is 5.82 Å². The van der Waals surface area contributed by atoms with Crippen LogP contribution in [0.3, 0.4) is 0 Å². The Hall–Kier alpha value is -2.34. The Bertz CT molecular complexity index is 734. The van der Waals surface area contributed by atoms with Crippen molar-refractivity contribution in [3.63, 3.8) is 0 Å². The number of para-hydroxylation sites is 1. The number of hydrogen-bond donors (Lipinski definition) is 1. The van der Waals surface area contributed by atoms with Crippen LogP contribution >= 0.6 is 12.2 Å². The van der Waals surface area contributed by atoms with Crippen LogP contribution in [0.4, 0.5) is 0 Å². The summed E-state index contributed by atoms with van der Waals surface area (Å²) in [6, 6.07) is 9.58. The molecule has 2 N–H and O–H groups in total. The van der Waals surface area contributed by atoms with Gasteiger partial charge in [0, 0.05) is 5.39 Å². The predicted molar refractivity (Wildman–Crippen MR) is 72.5 cm³/mol. The predicted octanol–water partition coefficient (Wildman–Crippen LogP) is 1.45. The van der Waals surface area contributed by atoms with Gasteiger partial charge in [-0.3, -0.25) is 0 Å². The van der Waals surface area contributed by atoms with Crippen LogP contribution in [-0.2, 0) is 0 Å². The first kappa shape index (κ1) is 10.8. The van der Waals surface area contributed by atoms with Gasteiger partial charge in [0.1, 0.15) is 4.99 Å². The molecule has 0 saturated heterocycles.